The summed E-state index contributed by atoms with van der Waals surface area (Å²) < 4.78 is 0. The fourth-order valence-corrected chi connectivity index (χ4v) is 2.61. The third kappa shape index (κ3) is 1.66. The maximum absolute atomic E-state index is 2.72. The molecule has 0 N–H and O–H groups in total. The zero-order chi connectivity index (χ0) is 8.39. The predicted octanol–water partition coefficient (Wildman–Crippen LogP) is 2.66. The van der Waals surface area contributed by atoms with Gasteiger partial charge in [0.25, 0.3) is 0 Å². The summed E-state index contributed by atoms with van der Waals surface area (Å²) in [5, 5.41) is 0. The van der Waals surface area contributed by atoms with Crippen LogP contribution < -0.4 is 0 Å². The summed E-state index contributed by atoms with van der Waals surface area (Å²) in [7, 11) is 0. The van der Waals surface area contributed by atoms with Gasteiger partial charge in [0, 0.05) is 19.1 Å². The average molecular weight is 167 g/mol. The molecule has 1 heteroatoms. The fourth-order valence-electron chi connectivity index (χ4n) is 2.61. The van der Waals surface area contributed by atoms with Crippen LogP contribution in [-0.2, 0) is 0 Å². The van der Waals surface area contributed by atoms with Gasteiger partial charge in [-0.1, -0.05) is 32.6 Å². The highest BCUT2D eigenvalue weighted by molar-refractivity contribution is 4.85. The molecular weight excluding hydrogens is 146 g/mol. The van der Waals surface area contributed by atoms with E-state index in [1.165, 1.54) is 51.6 Å². The standard InChI is InChI=1S/C11H21N/c1-2-10-8-12(9-10)11-6-4-3-5-7-11/h10-11H,2-9H2,1H3. The molecular formula is C11H21N. The lowest BCUT2D eigenvalue weighted by Gasteiger charge is -2.45. The molecule has 0 radical (unpaired) electrons. The van der Waals surface area contributed by atoms with Crippen LogP contribution in [0.15, 0.2) is 0 Å². The maximum Gasteiger partial charge on any atom is 0.00955 e. The van der Waals surface area contributed by atoms with E-state index in [0.717, 1.165) is 12.0 Å². The van der Waals surface area contributed by atoms with Crippen molar-refractivity contribution < 1.29 is 0 Å². The van der Waals surface area contributed by atoms with E-state index in [-0.39, 0.29) is 0 Å². The van der Waals surface area contributed by atoms with Crippen molar-refractivity contribution in [1.29, 1.82) is 0 Å². The molecule has 2 fully saturated rings. The molecule has 0 aromatic rings. The van der Waals surface area contributed by atoms with Gasteiger partial charge in [0.05, 0.1) is 0 Å². The highest BCUT2D eigenvalue weighted by Crippen LogP contribution is 2.29. The van der Waals surface area contributed by atoms with E-state index in [1.54, 1.807) is 0 Å². The van der Waals surface area contributed by atoms with Crippen LogP contribution >= 0.6 is 0 Å². The third-order valence-electron chi connectivity index (χ3n) is 3.65. The molecule has 0 aromatic heterocycles. The SMILES string of the molecule is CCC1CN(C2CCCCC2)C1. The van der Waals surface area contributed by atoms with Crippen molar-refractivity contribution in [2.45, 2.75) is 51.5 Å². The second-order valence-corrected chi connectivity index (χ2v) is 4.52. The minimum Gasteiger partial charge on any atom is -0.300 e. The van der Waals surface area contributed by atoms with E-state index in [1.807, 2.05) is 0 Å². The Kier molecular flexibility index (Phi) is 2.69. The van der Waals surface area contributed by atoms with E-state index in [4.69, 9.17) is 0 Å². The normalized spacial score (nSPS) is 28.8. The van der Waals surface area contributed by atoms with Crippen LogP contribution in [0.1, 0.15) is 45.4 Å². The van der Waals surface area contributed by atoms with Gasteiger partial charge in [0.15, 0.2) is 0 Å². The molecule has 2 aliphatic rings. The van der Waals surface area contributed by atoms with Gasteiger partial charge in [0.1, 0.15) is 0 Å². The first-order chi connectivity index (χ1) is 5.90. The zero-order valence-corrected chi connectivity index (χ0v) is 8.26. The summed E-state index contributed by atoms with van der Waals surface area (Å²) in [4.78, 5) is 2.72. The number of likely N-dealkylation sites (tertiary alicyclic amines) is 1. The summed E-state index contributed by atoms with van der Waals surface area (Å²) in [5.74, 6) is 1.03. The minimum absolute atomic E-state index is 0.974. The van der Waals surface area contributed by atoms with Crippen LogP contribution in [0, 0.1) is 5.92 Å². The number of rotatable bonds is 2. The first-order valence-electron chi connectivity index (χ1n) is 5.64. The van der Waals surface area contributed by atoms with Crippen molar-refractivity contribution in [3.63, 3.8) is 0 Å². The molecule has 2 rings (SSSR count). The van der Waals surface area contributed by atoms with E-state index >= 15 is 0 Å². The van der Waals surface area contributed by atoms with Crippen LogP contribution in [0.5, 0.6) is 0 Å². The molecule has 0 aromatic carbocycles. The van der Waals surface area contributed by atoms with E-state index in [0.29, 0.717) is 0 Å². The summed E-state index contributed by atoms with van der Waals surface area (Å²) in [6.45, 7) is 5.13. The number of nitrogens with zero attached hydrogens (tertiary/aromatic N) is 1. The summed E-state index contributed by atoms with van der Waals surface area (Å²) >= 11 is 0. The Morgan fingerprint density at radius 2 is 1.75 bits per heavy atom. The van der Waals surface area contributed by atoms with Gasteiger partial charge >= 0.3 is 0 Å². The monoisotopic (exact) mass is 167 g/mol. The van der Waals surface area contributed by atoms with Crippen molar-refractivity contribution in [1.82, 2.24) is 4.90 Å². The van der Waals surface area contributed by atoms with Gasteiger partial charge in [-0.25, -0.2) is 0 Å². The smallest absolute Gasteiger partial charge is 0.00955 e. The molecule has 0 atom stereocenters. The Morgan fingerprint density at radius 1 is 1.08 bits per heavy atom. The first-order valence-corrected chi connectivity index (χ1v) is 5.64. The van der Waals surface area contributed by atoms with Gasteiger partial charge in [-0.2, -0.15) is 0 Å². The summed E-state index contributed by atoms with van der Waals surface area (Å²) in [6.07, 6.45) is 8.81. The highest BCUT2D eigenvalue weighted by atomic mass is 15.2. The fraction of sp³-hybridized carbons (Fsp3) is 1.00. The molecule has 70 valence electrons. The zero-order valence-electron chi connectivity index (χ0n) is 8.26. The molecule has 1 saturated carbocycles. The Balaban J connectivity index is 1.72. The molecule has 1 saturated heterocycles. The van der Waals surface area contributed by atoms with Crippen molar-refractivity contribution in [3.05, 3.63) is 0 Å². The van der Waals surface area contributed by atoms with Crippen LogP contribution in [0.4, 0.5) is 0 Å². The number of hydrogen-bond donors (Lipinski definition) is 0. The molecule has 0 bridgehead atoms. The highest BCUT2D eigenvalue weighted by Gasteiger charge is 2.31. The van der Waals surface area contributed by atoms with Crippen LogP contribution in [0.25, 0.3) is 0 Å². The average Bonchev–Trinajstić information content (AvgIpc) is 2.04. The Hall–Kier alpha value is -0.0400. The molecule has 1 aliphatic carbocycles. The minimum atomic E-state index is 0.974. The molecule has 0 spiro atoms. The first kappa shape index (κ1) is 8.55. The Bertz CT molecular complexity index is 132. The molecule has 0 amide bonds. The lowest BCUT2D eigenvalue weighted by molar-refractivity contribution is 0.0337. The van der Waals surface area contributed by atoms with Gasteiger partial charge < -0.3 is 0 Å². The molecule has 1 heterocycles. The Morgan fingerprint density at radius 3 is 2.33 bits per heavy atom. The summed E-state index contributed by atoms with van der Waals surface area (Å²) in [5.41, 5.74) is 0. The van der Waals surface area contributed by atoms with Crippen LogP contribution in [-0.4, -0.2) is 24.0 Å². The molecule has 0 unspecified atom stereocenters. The van der Waals surface area contributed by atoms with Crippen molar-refractivity contribution in [2.75, 3.05) is 13.1 Å². The van der Waals surface area contributed by atoms with Gasteiger partial charge in [0.2, 0.25) is 0 Å². The second kappa shape index (κ2) is 3.78. The van der Waals surface area contributed by atoms with Crippen LogP contribution in [0.2, 0.25) is 0 Å². The quantitative estimate of drug-likeness (QED) is 0.611. The summed E-state index contributed by atoms with van der Waals surface area (Å²) in [6, 6.07) is 0.974. The topological polar surface area (TPSA) is 3.24 Å². The van der Waals surface area contributed by atoms with Crippen molar-refractivity contribution in [2.24, 2.45) is 5.92 Å². The molecule has 1 aliphatic heterocycles. The predicted molar refractivity (Wildman–Crippen MR) is 52.2 cm³/mol. The van der Waals surface area contributed by atoms with Crippen LogP contribution in [0.3, 0.4) is 0 Å². The van der Waals surface area contributed by atoms with Gasteiger partial charge in [-0.05, 0) is 18.8 Å². The van der Waals surface area contributed by atoms with Crippen molar-refractivity contribution in [3.8, 4) is 0 Å². The number of hydrogen-bond acceptors (Lipinski definition) is 1. The lowest BCUT2D eigenvalue weighted by atomic mass is 9.88. The Labute approximate surface area is 76.1 Å². The molecule has 12 heavy (non-hydrogen) atoms. The van der Waals surface area contributed by atoms with Gasteiger partial charge in [-0.15, -0.1) is 0 Å². The third-order valence-corrected chi connectivity index (χ3v) is 3.65. The largest absolute Gasteiger partial charge is 0.300 e. The van der Waals surface area contributed by atoms with E-state index < -0.39 is 0 Å². The lowest BCUT2D eigenvalue weighted by Crippen LogP contribution is -2.52. The maximum atomic E-state index is 2.72. The van der Waals surface area contributed by atoms with E-state index in [9.17, 15) is 0 Å². The van der Waals surface area contributed by atoms with E-state index in [2.05, 4.69) is 11.8 Å². The van der Waals surface area contributed by atoms with Crippen molar-refractivity contribution >= 4 is 0 Å². The molecule has 1 nitrogen and oxygen atoms in total. The second-order valence-electron chi connectivity index (χ2n) is 4.52. The van der Waals surface area contributed by atoms with Gasteiger partial charge in [-0.3, -0.25) is 4.90 Å².